The van der Waals surface area contributed by atoms with Gasteiger partial charge in [0.05, 0.1) is 0 Å². The molecule has 0 unspecified atom stereocenters. The standard InChI is InChI=1S/C24H32N4O/c1-26-13-15-28(16-14-26)18-20-7-9-23(10-8-20)25-24(29)22-6-4-5-21(17-22)19-27-11-2-3-12-27/h4-10,17H,2-3,11-16,18-19H2,1H3,(H,25,29). The molecule has 0 bridgehead atoms. The first-order valence-electron chi connectivity index (χ1n) is 10.8. The molecular formula is C24H32N4O. The van der Waals surface area contributed by atoms with Gasteiger partial charge in [0.15, 0.2) is 0 Å². The molecule has 154 valence electrons. The van der Waals surface area contributed by atoms with E-state index in [1.807, 2.05) is 30.3 Å². The molecule has 2 aliphatic heterocycles. The third-order valence-electron chi connectivity index (χ3n) is 6.01. The number of amides is 1. The lowest BCUT2D eigenvalue weighted by Gasteiger charge is -2.32. The van der Waals surface area contributed by atoms with Crippen LogP contribution in [0.2, 0.25) is 0 Å². The first-order chi connectivity index (χ1) is 14.2. The average molecular weight is 393 g/mol. The van der Waals surface area contributed by atoms with Crippen LogP contribution < -0.4 is 5.32 Å². The summed E-state index contributed by atoms with van der Waals surface area (Å²) in [6, 6.07) is 16.3. The zero-order valence-corrected chi connectivity index (χ0v) is 17.4. The molecule has 0 spiro atoms. The molecule has 2 aromatic rings. The molecule has 2 saturated heterocycles. The zero-order valence-electron chi connectivity index (χ0n) is 17.4. The molecule has 1 amide bonds. The number of hydrogen-bond acceptors (Lipinski definition) is 4. The van der Waals surface area contributed by atoms with E-state index in [2.05, 4.69) is 45.3 Å². The molecule has 2 aliphatic rings. The van der Waals surface area contributed by atoms with Crippen molar-refractivity contribution < 1.29 is 4.79 Å². The minimum Gasteiger partial charge on any atom is -0.322 e. The van der Waals surface area contributed by atoms with Crippen molar-refractivity contribution >= 4 is 11.6 Å². The maximum absolute atomic E-state index is 12.7. The molecule has 1 N–H and O–H groups in total. The van der Waals surface area contributed by atoms with Crippen molar-refractivity contribution in [2.75, 3.05) is 51.6 Å². The molecule has 5 nitrogen and oxygen atoms in total. The van der Waals surface area contributed by atoms with Gasteiger partial charge in [-0.3, -0.25) is 14.6 Å². The largest absolute Gasteiger partial charge is 0.322 e. The quantitative estimate of drug-likeness (QED) is 0.819. The van der Waals surface area contributed by atoms with Crippen LogP contribution in [0.25, 0.3) is 0 Å². The molecule has 4 rings (SSSR count). The number of likely N-dealkylation sites (tertiary alicyclic amines) is 1. The van der Waals surface area contributed by atoms with Gasteiger partial charge >= 0.3 is 0 Å². The Balaban J connectivity index is 1.32. The van der Waals surface area contributed by atoms with E-state index in [0.29, 0.717) is 0 Å². The maximum atomic E-state index is 12.7. The summed E-state index contributed by atoms with van der Waals surface area (Å²) in [5.74, 6) is -0.0416. The Bertz CT molecular complexity index is 806. The maximum Gasteiger partial charge on any atom is 0.255 e. The Hall–Kier alpha value is -2.21. The molecule has 0 saturated carbocycles. The minimum absolute atomic E-state index is 0.0416. The topological polar surface area (TPSA) is 38.8 Å². The molecule has 0 atom stereocenters. The number of benzene rings is 2. The lowest BCUT2D eigenvalue weighted by atomic mass is 10.1. The number of piperazine rings is 1. The van der Waals surface area contributed by atoms with Crippen LogP contribution in [0.5, 0.6) is 0 Å². The summed E-state index contributed by atoms with van der Waals surface area (Å²) in [6.07, 6.45) is 2.57. The van der Waals surface area contributed by atoms with Crippen molar-refractivity contribution in [2.24, 2.45) is 0 Å². The average Bonchev–Trinajstić information content (AvgIpc) is 3.24. The van der Waals surface area contributed by atoms with E-state index in [1.165, 1.54) is 24.0 Å². The molecule has 5 heteroatoms. The fraction of sp³-hybridized carbons (Fsp3) is 0.458. The Morgan fingerprint density at radius 3 is 2.21 bits per heavy atom. The highest BCUT2D eigenvalue weighted by Crippen LogP contribution is 2.16. The lowest BCUT2D eigenvalue weighted by molar-refractivity contribution is 0.102. The highest BCUT2D eigenvalue weighted by molar-refractivity contribution is 6.04. The number of carbonyl (C=O) groups excluding carboxylic acids is 1. The highest BCUT2D eigenvalue weighted by Gasteiger charge is 2.15. The predicted octanol–water partition coefficient (Wildman–Crippen LogP) is 3.28. The number of likely N-dealkylation sites (N-methyl/N-ethyl adjacent to an activating group) is 1. The van der Waals surface area contributed by atoms with Crippen LogP contribution in [-0.2, 0) is 13.1 Å². The highest BCUT2D eigenvalue weighted by atomic mass is 16.1. The van der Waals surface area contributed by atoms with E-state index in [0.717, 1.165) is 63.6 Å². The van der Waals surface area contributed by atoms with Crippen molar-refractivity contribution in [3.05, 3.63) is 65.2 Å². The molecule has 2 heterocycles. The summed E-state index contributed by atoms with van der Waals surface area (Å²) >= 11 is 0. The molecule has 2 aromatic carbocycles. The lowest BCUT2D eigenvalue weighted by Crippen LogP contribution is -2.43. The van der Waals surface area contributed by atoms with Gasteiger partial charge in [-0.2, -0.15) is 0 Å². The van der Waals surface area contributed by atoms with E-state index in [-0.39, 0.29) is 5.91 Å². The van der Waals surface area contributed by atoms with Crippen LogP contribution in [-0.4, -0.2) is 66.9 Å². The van der Waals surface area contributed by atoms with Gasteiger partial charge in [0.1, 0.15) is 0 Å². The Kier molecular flexibility index (Phi) is 6.60. The van der Waals surface area contributed by atoms with Crippen molar-refractivity contribution in [3.8, 4) is 0 Å². The Morgan fingerprint density at radius 2 is 1.48 bits per heavy atom. The molecule has 2 fully saturated rings. The summed E-state index contributed by atoms with van der Waals surface area (Å²) in [5.41, 5.74) is 4.08. The molecular weight excluding hydrogens is 360 g/mol. The van der Waals surface area contributed by atoms with E-state index < -0.39 is 0 Å². The van der Waals surface area contributed by atoms with E-state index in [1.54, 1.807) is 0 Å². The van der Waals surface area contributed by atoms with Crippen LogP contribution in [0.1, 0.15) is 34.3 Å². The SMILES string of the molecule is CN1CCN(Cc2ccc(NC(=O)c3cccc(CN4CCCC4)c3)cc2)CC1. The summed E-state index contributed by atoms with van der Waals surface area (Å²) in [6.45, 7) is 8.72. The second-order valence-corrected chi connectivity index (χ2v) is 8.41. The van der Waals surface area contributed by atoms with Gasteiger partial charge in [0.2, 0.25) is 0 Å². The van der Waals surface area contributed by atoms with Crippen molar-refractivity contribution in [1.82, 2.24) is 14.7 Å². The molecule has 0 aliphatic carbocycles. The monoisotopic (exact) mass is 392 g/mol. The van der Waals surface area contributed by atoms with Gasteiger partial charge < -0.3 is 10.2 Å². The van der Waals surface area contributed by atoms with Gasteiger partial charge in [-0.25, -0.2) is 0 Å². The number of nitrogens with zero attached hydrogens (tertiary/aromatic N) is 3. The summed E-state index contributed by atoms with van der Waals surface area (Å²) < 4.78 is 0. The summed E-state index contributed by atoms with van der Waals surface area (Å²) in [7, 11) is 2.18. The fourth-order valence-corrected chi connectivity index (χ4v) is 4.17. The van der Waals surface area contributed by atoms with Crippen LogP contribution in [0, 0.1) is 0 Å². The molecule has 0 radical (unpaired) electrons. The Morgan fingerprint density at radius 1 is 0.828 bits per heavy atom. The van der Waals surface area contributed by atoms with Gasteiger partial charge in [0.25, 0.3) is 5.91 Å². The van der Waals surface area contributed by atoms with Crippen molar-refractivity contribution in [2.45, 2.75) is 25.9 Å². The van der Waals surface area contributed by atoms with Crippen molar-refractivity contribution in [3.63, 3.8) is 0 Å². The number of carbonyl (C=O) groups is 1. The first-order valence-corrected chi connectivity index (χ1v) is 10.8. The smallest absolute Gasteiger partial charge is 0.255 e. The second-order valence-electron chi connectivity index (χ2n) is 8.41. The van der Waals surface area contributed by atoms with Gasteiger partial charge in [-0.05, 0) is 68.4 Å². The van der Waals surface area contributed by atoms with E-state index >= 15 is 0 Å². The summed E-state index contributed by atoms with van der Waals surface area (Å²) in [4.78, 5) is 20.0. The van der Waals surface area contributed by atoms with Gasteiger partial charge in [-0.1, -0.05) is 24.3 Å². The third kappa shape index (κ3) is 5.66. The predicted molar refractivity (Wildman–Crippen MR) is 118 cm³/mol. The number of hydrogen-bond donors (Lipinski definition) is 1. The van der Waals surface area contributed by atoms with Crippen LogP contribution in [0.3, 0.4) is 0 Å². The Labute approximate surface area is 174 Å². The fourth-order valence-electron chi connectivity index (χ4n) is 4.17. The molecule has 29 heavy (non-hydrogen) atoms. The van der Waals surface area contributed by atoms with Crippen LogP contribution >= 0.6 is 0 Å². The first kappa shape index (κ1) is 20.1. The molecule has 0 aromatic heterocycles. The number of rotatable bonds is 6. The van der Waals surface area contributed by atoms with Crippen LogP contribution in [0.4, 0.5) is 5.69 Å². The van der Waals surface area contributed by atoms with E-state index in [4.69, 9.17) is 0 Å². The minimum atomic E-state index is -0.0416. The zero-order chi connectivity index (χ0) is 20.1. The summed E-state index contributed by atoms with van der Waals surface area (Å²) in [5, 5.41) is 3.04. The number of nitrogens with one attached hydrogen (secondary N) is 1. The van der Waals surface area contributed by atoms with Crippen LogP contribution in [0.15, 0.2) is 48.5 Å². The normalized spacial score (nSPS) is 18.8. The van der Waals surface area contributed by atoms with Crippen molar-refractivity contribution in [1.29, 1.82) is 0 Å². The van der Waals surface area contributed by atoms with Gasteiger partial charge in [0, 0.05) is 50.5 Å². The third-order valence-corrected chi connectivity index (χ3v) is 6.01. The number of anilines is 1. The van der Waals surface area contributed by atoms with Gasteiger partial charge in [-0.15, -0.1) is 0 Å². The van der Waals surface area contributed by atoms with E-state index in [9.17, 15) is 4.79 Å². The second kappa shape index (κ2) is 9.53.